The van der Waals surface area contributed by atoms with Crippen LogP contribution in [0.3, 0.4) is 0 Å². The highest BCUT2D eigenvalue weighted by Crippen LogP contribution is 2.13. The highest BCUT2D eigenvalue weighted by molar-refractivity contribution is 5.90. The van der Waals surface area contributed by atoms with Crippen LogP contribution < -0.4 is 10.6 Å². The summed E-state index contributed by atoms with van der Waals surface area (Å²) in [6, 6.07) is 6.41. The normalized spacial score (nSPS) is 11.0. The van der Waals surface area contributed by atoms with Crippen molar-refractivity contribution in [1.29, 1.82) is 0 Å². The molecular formula is C14H17F3N2O2. The van der Waals surface area contributed by atoms with Gasteiger partial charge in [-0.2, -0.15) is 13.2 Å². The number of nitrogens with one attached hydrogen (secondary N) is 2. The van der Waals surface area contributed by atoms with E-state index in [1.54, 1.807) is 29.6 Å². The third-order valence-electron chi connectivity index (χ3n) is 2.57. The van der Waals surface area contributed by atoms with E-state index >= 15 is 0 Å². The molecule has 0 fully saturated rings. The second-order valence-electron chi connectivity index (χ2n) is 4.56. The first-order valence-corrected chi connectivity index (χ1v) is 6.52. The van der Waals surface area contributed by atoms with Crippen LogP contribution in [0.4, 0.5) is 18.9 Å². The number of carbonyl (C=O) groups is 2. The Morgan fingerprint density at radius 3 is 2.24 bits per heavy atom. The molecule has 4 nitrogen and oxygen atoms in total. The molecule has 0 heterocycles. The van der Waals surface area contributed by atoms with Crippen molar-refractivity contribution in [2.75, 3.05) is 11.9 Å². The van der Waals surface area contributed by atoms with Gasteiger partial charge in [-0.15, -0.1) is 0 Å². The lowest BCUT2D eigenvalue weighted by Crippen LogP contribution is -2.34. The third kappa shape index (κ3) is 7.34. The van der Waals surface area contributed by atoms with Crippen molar-refractivity contribution >= 4 is 17.5 Å². The van der Waals surface area contributed by atoms with E-state index in [2.05, 4.69) is 5.32 Å². The minimum Gasteiger partial charge on any atom is -0.347 e. The largest absolute Gasteiger partial charge is 0.405 e. The van der Waals surface area contributed by atoms with Crippen LogP contribution in [0.15, 0.2) is 24.3 Å². The Hall–Kier alpha value is -2.05. The van der Waals surface area contributed by atoms with Crippen LogP contribution >= 0.6 is 0 Å². The lowest BCUT2D eigenvalue weighted by Gasteiger charge is -2.09. The van der Waals surface area contributed by atoms with Gasteiger partial charge in [0.15, 0.2) is 0 Å². The standard InChI is InChI=1S/C14H17F3N2O2/c1-2-3-12(20)19-11-6-4-10(5-7-11)8-13(21)18-9-14(15,16)17/h4-7H,2-3,8-9H2,1H3,(H,18,21)(H,19,20). The lowest BCUT2D eigenvalue weighted by molar-refractivity contribution is -0.138. The molecule has 0 unspecified atom stereocenters. The monoisotopic (exact) mass is 302 g/mol. The number of alkyl halides is 3. The van der Waals surface area contributed by atoms with Gasteiger partial charge in [0.1, 0.15) is 6.54 Å². The summed E-state index contributed by atoms with van der Waals surface area (Å²) in [6.07, 6.45) is -3.40. The van der Waals surface area contributed by atoms with Crippen LogP contribution in [0, 0.1) is 0 Å². The fraction of sp³-hybridized carbons (Fsp3) is 0.429. The molecule has 0 radical (unpaired) electrons. The van der Waals surface area contributed by atoms with Gasteiger partial charge in [0.05, 0.1) is 6.42 Å². The molecule has 0 atom stereocenters. The maximum absolute atomic E-state index is 11.9. The van der Waals surface area contributed by atoms with Gasteiger partial charge in [-0.3, -0.25) is 9.59 Å². The molecule has 2 N–H and O–H groups in total. The molecule has 116 valence electrons. The molecular weight excluding hydrogens is 285 g/mol. The first-order valence-electron chi connectivity index (χ1n) is 6.52. The molecule has 0 aliphatic heterocycles. The van der Waals surface area contributed by atoms with Crippen molar-refractivity contribution in [3.8, 4) is 0 Å². The Labute approximate surface area is 120 Å². The Morgan fingerprint density at radius 1 is 1.10 bits per heavy atom. The zero-order valence-corrected chi connectivity index (χ0v) is 11.6. The number of rotatable bonds is 6. The minimum atomic E-state index is -4.41. The number of hydrogen-bond acceptors (Lipinski definition) is 2. The number of amides is 2. The Balaban J connectivity index is 2.47. The Morgan fingerprint density at radius 2 is 1.71 bits per heavy atom. The highest BCUT2D eigenvalue weighted by Gasteiger charge is 2.27. The van der Waals surface area contributed by atoms with Crippen LogP contribution in [0.2, 0.25) is 0 Å². The van der Waals surface area contributed by atoms with Gasteiger partial charge in [0, 0.05) is 12.1 Å². The zero-order chi connectivity index (χ0) is 15.9. The smallest absolute Gasteiger partial charge is 0.347 e. The van der Waals surface area contributed by atoms with Crippen molar-refractivity contribution in [2.24, 2.45) is 0 Å². The van der Waals surface area contributed by atoms with E-state index in [1.165, 1.54) is 0 Å². The van der Waals surface area contributed by atoms with Crippen molar-refractivity contribution < 1.29 is 22.8 Å². The molecule has 0 saturated heterocycles. The first-order chi connectivity index (χ1) is 9.80. The van der Waals surface area contributed by atoms with Crippen molar-refractivity contribution in [3.05, 3.63) is 29.8 Å². The molecule has 1 rings (SSSR count). The molecule has 0 aliphatic carbocycles. The molecule has 21 heavy (non-hydrogen) atoms. The fourth-order valence-electron chi connectivity index (χ4n) is 1.60. The summed E-state index contributed by atoms with van der Waals surface area (Å²) in [7, 11) is 0. The summed E-state index contributed by atoms with van der Waals surface area (Å²) in [4.78, 5) is 22.7. The SMILES string of the molecule is CCCC(=O)Nc1ccc(CC(=O)NCC(F)(F)F)cc1. The predicted octanol–water partition coefficient (Wildman–Crippen LogP) is 2.65. The number of hydrogen-bond donors (Lipinski definition) is 2. The molecule has 0 spiro atoms. The van der Waals surface area contributed by atoms with E-state index < -0.39 is 18.6 Å². The quantitative estimate of drug-likeness (QED) is 0.848. The van der Waals surface area contributed by atoms with Gasteiger partial charge in [-0.25, -0.2) is 0 Å². The van der Waals surface area contributed by atoms with Gasteiger partial charge in [0.2, 0.25) is 11.8 Å². The fourth-order valence-corrected chi connectivity index (χ4v) is 1.60. The summed E-state index contributed by atoms with van der Waals surface area (Å²) in [5, 5.41) is 4.48. The number of halogens is 3. The van der Waals surface area contributed by atoms with Gasteiger partial charge in [0.25, 0.3) is 0 Å². The van der Waals surface area contributed by atoms with E-state index in [9.17, 15) is 22.8 Å². The summed E-state index contributed by atoms with van der Waals surface area (Å²) in [5.74, 6) is -0.803. The molecule has 0 bridgehead atoms. The van der Waals surface area contributed by atoms with Crippen molar-refractivity contribution in [1.82, 2.24) is 5.32 Å². The predicted molar refractivity (Wildman–Crippen MR) is 72.7 cm³/mol. The van der Waals surface area contributed by atoms with Crippen LogP contribution in [0.5, 0.6) is 0 Å². The minimum absolute atomic E-state index is 0.104. The summed E-state index contributed by atoms with van der Waals surface area (Å²) >= 11 is 0. The maximum Gasteiger partial charge on any atom is 0.405 e. The van der Waals surface area contributed by atoms with Gasteiger partial charge in [-0.1, -0.05) is 19.1 Å². The topological polar surface area (TPSA) is 58.2 Å². The average molecular weight is 302 g/mol. The third-order valence-corrected chi connectivity index (χ3v) is 2.57. The lowest BCUT2D eigenvalue weighted by atomic mass is 10.1. The maximum atomic E-state index is 11.9. The van der Waals surface area contributed by atoms with Crippen LogP contribution in [-0.4, -0.2) is 24.5 Å². The average Bonchev–Trinajstić information content (AvgIpc) is 2.38. The number of benzene rings is 1. The first kappa shape index (κ1) is 17.0. The van der Waals surface area contributed by atoms with E-state index in [4.69, 9.17) is 0 Å². The number of carbonyl (C=O) groups excluding carboxylic acids is 2. The molecule has 7 heteroatoms. The van der Waals surface area contributed by atoms with Gasteiger partial charge >= 0.3 is 6.18 Å². The number of anilines is 1. The molecule has 0 aromatic heterocycles. The van der Waals surface area contributed by atoms with E-state index in [0.29, 0.717) is 17.7 Å². The van der Waals surface area contributed by atoms with E-state index in [-0.39, 0.29) is 12.3 Å². The van der Waals surface area contributed by atoms with Gasteiger partial charge < -0.3 is 10.6 Å². The summed E-state index contributed by atoms with van der Waals surface area (Å²) in [6.45, 7) is 0.555. The highest BCUT2D eigenvalue weighted by atomic mass is 19.4. The van der Waals surface area contributed by atoms with Crippen LogP contribution in [0.1, 0.15) is 25.3 Å². The Bertz CT molecular complexity index is 484. The Kier molecular flexibility index (Phi) is 6.20. The van der Waals surface area contributed by atoms with E-state index in [0.717, 1.165) is 6.42 Å². The van der Waals surface area contributed by atoms with Gasteiger partial charge in [-0.05, 0) is 24.1 Å². The van der Waals surface area contributed by atoms with Crippen molar-refractivity contribution in [3.63, 3.8) is 0 Å². The summed E-state index contributed by atoms with van der Waals surface area (Å²) < 4.78 is 35.8. The molecule has 1 aromatic carbocycles. The second-order valence-corrected chi connectivity index (χ2v) is 4.56. The molecule has 0 aliphatic rings. The van der Waals surface area contributed by atoms with Crippen molar-refractivity contribution in [2.45, 2.75) is 32.4 Å². The zero-order valence-electron chi connectivity index (χ0n) is 11.6. The van der Waals surface area contributed by atoms with E-state index in [1.807, 2.05) is 6.92 Å². The molecule has 0 saturated carbocycles. The second kappa shape index (κ2) is 7.66. The van der Waals surface area contributed by atoms with Crippen LogP contribution in [0.25, 0.3) is 0 Å². The molecule has 2 amide bonds. The summed E-state index contributed by atoms with van der Waals surface area (Å²) in [5.41, 5.74) is 1.16. The van der Waals surface area contributed by atoms with Crippen LogP contribution in [-0.2, 0) is 16.0 Å². The molecule has 1 aromatic rings.